The quantitative estimate of drug-likeness (QED) is 0.661. The first-order valence-electron chi connectivity index (χ1n) is 7.47. The average molecular weight is 310 g/mol. The van der Waals surface area contributed by atoms with Crippen LogP contribution >= 0.6 is 0 Å². The van der Waals surface area contributed by atoms with Crippen LogP contribution < -0.4 is 9.47 Å². The number of para-hydroxylation sites is 2. The summed E-state index contributed by atoms with van der Waals surface area (Å²) in [5.41, 5.74) is 1.78. The van der Waals surface area contributed by atoms with Crippen LogP contribution in [0.2, 0.25) is 0 Å². The minimum Gasteiger partial charge on any atom is -0.493 e. The fourth-order valence-electron chi connectivity index (χ4n) is 2.79. The van der Waals surface area contributed by atoms with Crippen molar-refractivity contribution < 1.29 is 18.7 Å². The molecular weight excluding hydrogens is 292 g/mol. The van der Waals surface area contributed by atoms with Gasteiger partial charge in [-0.05, 0) is 18.2 Å². The first kappa shape index (κ1) is 15.2. The van der Waals surface area contributed by atoms with E-state index in [-0.39, 0.29) is 5.78 Å². The third kappa shape index (κ3) is 2.46. The van der Waals surface area contributed by atoms with Crippen LogP contribution in [-0.4, -0.2) is 20.0 Å². The highest BCUT2D eigenvalue weighted by atomic mass is 16.5. The molecule has 2 aromatic carbocycles. The largest absolute Gasteiger partial charge is 0.493 e. The number of carbonyl (C=O) groups is 1. The van der Waals surface area contributed by atoms with E-state index in [0.29, 0.717) is 34.8 Å². The van der Waals surface area contributed by atoms with E-state index < -0.39 is 0 Å². The van der Waals surface area contributed by atoms with Crippen molar-refractivity contribution in [1.29, 1.82) is 0 Å². The summed E-state index contributed by atoms with van der Waals surface area (Å²) in [7, 11) is 3.08. The highest BCUT2D eigenvalue weighted by Crippen LogP contribution is 2.35. The lowest BCUT2D eigenvalue weighted by Crippen LogP contribution is -2.06. The Morgan fingerprint density at radius 3 is 2.52 bits per heavy atom. The molecule has 3 rings (SSSR count). The molecule has 0 aliphatic rings. The van der Waals surface area contributed by atoms with Crippen molar-refractivity contribution in [1.82, 2.24) is 0 Å². The molecule has 23 heavy (non-hydrogen) atoms. The summed E-state index contributed by atoms with van der Waals surface area (Å²) in [4.78, 5) is 13.2. The van der Waals surface area contributed by atoms with Crippen molar-refractivity contribution >= 4 is 16.8 Å². The van der Waals surface area contributed by atoms with E-state index in [1.165, 1.54) is 7.11 Å². The number of hydrogen-bond acceptors (Lipinski definition) is 4. The van der Waals surface area contributed by atoms with Gasteiger partial charge in [-0.1, -0.05) is 31.2 Å². The molecule has 3 aromatic rings. The summed E-state index contributed by atoms with van der Waals surface area (Å²) in [6.45, 7) is 1.97. The van der Waals surface area contributed by atoms with Crippen LogP contribution in [0.25, 0.3) is 11.0 Å². The monoisotopic (exact) mass is 310 g/mol. The highest BCUT2D eigenvalue weighted by molar-refractivity contribution is 6.18. The summed E-state index contributed by atoms with van der Waals surface area (Å²) in [5.74, 6) is 1.53. The number of ether oxygens (including phenoxy) is 2. The first-order valence-corrected chi connectivity index (χ1v) is 7.47. The molecule has 0 saturated carbocycles. The smallest absolute Gasteiger partial charge is 0.201 e. The molecule has 118 valence electrons. The van der Waals surface area contributed by atoms with Crippen molar-refractivity contribution in [2.75, 3.05) is 14.2 Å². The molecule has 0 amide bonds. The van der Waals surface area contributed by atoms with Gasteiger partial charge in [0.05, 0.1) is 25.3 Å². The van der Waals surface area contributed by atoms with Crippen LogP contribution in [-0.2, 0) is 6.42 Å². The predicted molar refractivity (Wildman–Crippen MR) is 88.6 cm³/mol. The highest BCUT2D eigenvalue weighted by Gasteiger charge is 2.24. The van der Waals surface area contributed by atoms with Gasteiger partial charge >= 0.3 is 0 Å². The van der Waals surface area contributed by atoms with E-state index in [1.54, 1.807) is 25.3 Å². The van der Waals surface area contributed by atoms with Gasteiger partial charge in [0, 0.05) is 11.8 Å². The number of rotatable bonds is 5. The average Bonchev–Trinajstić information content (AvgIpc) is 2.98. The lowest BCUT2D eigenvalue weighted by Gasteiger charge is -2.11. The first-order chi connectivity index (χ1) is 11.2. The Morgan fingerprint density at radius 1 is 1.04 bits per heavy atom. The summed E-state index contributed by atoms with van der Waals surface area (Å²) in [6, 6.07) is 12.9. The molecule has 0 saturated heterocycles. The van der Waals surface area contributed by atoms with Gasteiger partial charge in [-0.15, -0.1) is 0 Å². The Hall–Kier alpha value is -2.75. The maximum Gasteiger partial charge on any atom is 0.201 e. The Labute approximate surface area is 134 Å². The number of benzene rings is 2. The number of methoxy groups -OCH3 is 2. The van der Waals surface area contributed by atoms with Gasteiger partial charge in [0.1, 0.15) is 11.3 Å². The fraction of sp³-hybridized carbons (Fsp3) is 0.211. The van der Waals surface area contributed by atoms with E-state index in [4.69, 9.17) is 13.9 Å². The Bertz CT molecular complexity index is 861. The van der Waals surface area contributed by atoms with Crippen LogP contribution in [0.15, 0.2) is 46.9 Å². The second kappa shape index (κ2) is 6.16. The zero-order valence-corrected chi connectivity index (χ0v) is 13.4. The molecule has 4 nitrogen and oxygen atoms in total. The molecule has 0 aliphatic carbocycles. The number of aryl methyl sites for hydroxylation is 1. The normalized spacial score (nSPS) is 10.7. The van der Waals surface area contributed by atoms with Gasteiger partial charge in [0.15, 0.2) is 11.5 Å². The Kier molecular flexibility index (Phi) is 4.06. The lowest BCUT2D eigenvalue weighted by molar-refractivity contribution is 0.103. The molecule has 0 bridgehead atoms. The lowest BCUT2D eigenvalue weighted by atomic mass is 9.98. The van der Waals surface area contributed by atoms with Crippen molar-refractivity contribution in [2.45, 2.75) is 13.3 Å². The van der Waals surface area contributed by atoms with E-state index >= 15 is 0 Å². The zero-order valence-electron chi connectivity index (χ0n) is 13.4. The van der Waals surface area contributed by atoms with Crippen molar-refractivity contribution in [2.24, 2.45) is 0 Å². The third-order valence-corrected chi connectivity index (χ3v) is 3.86. The van der Waals surface area contributed by atoms with Gasteiger partial charge in [0.25, 0.3) is 0 Å². The second-order valence-electron chi connectivity index (χ2n) is 5.12. The van der Waals surface area contributed by atoms with Gasteiger partial charge in [0.2, 0.25) is 5.78 Å². The summed E-state index contributed by atoms with van der Waals surface area (Å²) < 4.78 is 16.5. The molecule has 0 fully saturated rings. The SMILES string of the molecule is CCc1oc2ccccc2c1C(=O)c1cccc(OC)c1OC. The molecule has 1 aromatic heterocycles. The number of fused-ring (bicyclic) bond motifs is 1. The van der Waals surface area contributed by atoms with E-state index in [9.17, 15) is 4.79 Å². The Balaban J connectivity index is 2.22. The van der Waals surface area contributed by atoms with Gasteiger partial charge in [-0.2, -0.15) is 0 Å². The molecule has 0 aliphatic heterocycles. The van der Waals surface area contributed by atoms with Crippen molar-refractivity contribution in [3.8, 4) is 11.5 Å². The fourth-order valence-corrected chi connectivity index (χ4v) is 2.79. The number of ketones is 1. The van der Waals surface area contributed by atoms with Crippen LogP contribution in [0.1, 0.15) is 28.6 Å². The van der Waals surface area contributed by atoms with Crippen LogP contribution in [0.4, 0.5) is 0 Å². The molecule has 0 atom stereocenters. The maximum absolute atomic E-state index is 13.2. The number of carbonyl (C=O) groups excluding carboxylic acids is 1. The molecule has 4 heteroatoms. The van der Waals surface area contributed by atoms with Crippen LogP contribution in [0.5, 0.6) is 11.5 Å². The maximum atomic E-state index is 13.2. The van der Waals surface area contributed by atoms with Crippen molar-refractivity contribution in [3.63, 3.8) is 0 Å². The molecule has 0 spiro atoms. The van der Waals surface area contributed by atoms with Gasteiger partial charge < -0.3 is 13.9 Å². The Morgan fingerprint density at radius 2 is 1.83 bits per heavy atom. The zero-order chi connectivity index (χ0) is 16.4. The minimum atomic E-state index is -0.123. The van der Waals surface area contributed by atoms with E-state index in [1.807, 2.05) is 31.2 Å². The standard InChI is InChI=1S/C19H18O4/c1-4-14-17(12-8-5-6-10-15(12)23-14)18(20)13-9-7-11-16(21-2)19(13)22-3/h5-11H,4H2,1-3H3. The predicted octanol–water partition coefficient (Wildman–Crippen LogP) is 4.24. The van der Waals surface area contributed by atoms with Gasteiger partial charge in [-0.25, -0.2) is 0 Å². The van der Waals surface area contributed by atoms with Crippen LogP contribution in [0.3, 0.4) is 0 Å². The van der Waals surface area contributed by atoms with E-state index in [0.717, 1.165) is 11.0 Å². The molecule has 1 heterocycles. The summed E-state index contributed by atoms with van der Waals surface area (Å²) in [5, 5.41) is 0.819. The topological polar surface area (TPSA) is 48.7 Å². The molecule has 0 unspecified atom stereocenters. The van der Waals surface area contributed by atoms with Crippen molar-refractivity contribution in [3.05, 3.63) is 59.4 Å². The minimum absolute atomic E-state index is 0.123. The number of hydrogen-bond donors (Lipinski definition) is 0. The summed E-state index contributed by atoms with van der Waals surface area (Å²) in [6.07, 6.45) is 0.641. The number of furan rings is 1. The molecule has 0 N–H and O–H groups in total. The summed E-state index contributed by atoms with van der Waals surface area (Å²) >= 11 is 0. The van der Waals surface area contributed by atoms with Crippen LogP contribution in [0, 0.1) is 0 Å². The molecular formula is C19H18O4. The molecule has 0 radical (unpaired) electrons. The van der Waals surface area contributed by atoms with E-state index in [2.05, 4.69) is 0 Å². The second-order valence-corrected chi connectivity index (χ2v) is 5.12. The third-order valence-electron chi connectivity index (χ3n) is 3.86. The van der Waals surface area contributed by atoms with Gasteiger partial charge in [-0.3, -0.25) is 4.79 Å².